The van der Waals surface area contributed by atoms with Crippen molar-refractivity contribution in [1.82, 2.24) is 9.88 Å². The lowest BCUT2D eigenvalue weighted by Crippen LogP contribution is -2.27. The second kappa shape index (κ2) is 21.1. The van der Waals surface area contributed by atoms with Crippen molar-refractivity contribution in [2.24, 2.45) is 5.73 Å². The Hall–Kier alpha value is -2.73. The fraction of sp³-hybridized carbons (Fsp3) is 0.472. The molecule has 1 fully saturated rings. The van der Waals surface area contributed by atoms with Crippen LogP contribution in [0.5, 0.6) is 0 Å². The average Bonchev–Trinajstić information content (AvgIpc) is 3.86. The first-order valence-corrected chi connectivity index (χ1v) is 16.4. The van der Waals surface area contributed by atoms with Gasteiger partial charge in [-0.3, -0.25) is 14.7 Å². The van der Waals surface area contributed by atoms with Gasteiger partial charge in [-0.05, 0) is 81.6 Å². The van der Waals surface area contributed by atoms with Gasteiger partial charge in [0.1, 0.15) is 12.2 Å². The summed E-state index contributed by atoms with van der Waals surface area (Å²) in [7, 11) is 0. The number of aldehydes is 1. The zero-order valence-electron chi connectivity index (χ0n) is 27.2. The van der Waals surface area contributed by atoms with Crippen molar-refractivity contribution < 1.29 is 9.59 Å². The molecular formula is C36H51Cl2N3O2. The van der Waals surface area contributed by atoms with Crippen molar-refractivity contribution in [2.45, 2.75) is 92.9 Å². The third kappa shape index (κ3) is 13.2. The van der Waals surface area contributed by atoms with Gasteiger partial charge in [-0.15, -0.1) is 0 Å². The van der Waals surface area contributed by atoms with Gasteiger partial charge in [-0.1, -0.05) is 107 Å². The highest BCUT2D eigenvalue weighted by Crippen LogP contribution is 2.36. The molecule has 1 aliphatic rings. The first kappa shape index (κ1) is 38.3. The molecule has 2 N–H and O–H groups in total. The number of aromatic nitrogens is 1. The van der Waals surface area contributed by atoms with Crippen LogP contribution in [0.1, 0.15) is 101 Å². The second-order valence-corrected chi connectivity index (χ2v) is 11.3. The standard InChI is InChI=1S/C23H22Cl2N2O.C8H17NO.C3H6.C2H6/c1-4-15-11-19(16-9-8-13(2)10-14(16)3)27-20(12-15)22(23(26)28)21-17(24)6-5-7-18(21)25;1-3-5-9(6-4-2)7-8-10;1-2-3-1;1-2/h5-12,22H,4H2,1-3H3,(H2,26,28);8H,3-7H2,1-2H3;1-3H2;1-2H3. The Kier molecular flexibility index (Phi) is 18.7. The summed E-state index contributed by atoms with van der Waals surface area (Å²) < 4.78 is 0. The second-order valence-electron chi connectivity index (χ2n) is 10.5. The normalized spacial score (nSPS) is 12.0. The molecule has 1 saturated carbocycles. The van der Waals surface area contributed by atoms with E-state index in [-0.39, 0.29) is 0 Å². The van der Waals surface area contributed by atoms with Crippen LogP contribution in [0.25, 0.3) is 11.3 Å². The lowest BCUT2D eigenvalue weighted by molar-refractivity contribution is -0.118. The Morgan fingerprint density at radius 1 is 0.953 bits per heavy atom. The van der Waals surface area contributed by atoms with Gasteiger partial charge in [-0.2, -0.15) is 0 Å². The topological polar surface area (TPSA) is 76.3 Å². The lowest BCUT2D eigenvalue weighted by atomic mass is 9.92. The maximum Gasteiger partial charge on any atom is 0.231 e. The first-order valence-electron chi connectivity index (χ1n) is 15.6. The minimum Gasteiger partial charge on any atom is -0.369 e. The Morgan fingerprint density at radius 3 is 1.98 bits per heavy atom. The van der Waals surface area contributed by atoms with Gasteiger partial charge < -0.3 is 10.5 Å². The van der Waals surface area contributed by atoms with Gasteiger partial charge in [0.25, 0.3) is 0 Å². The highest BCUT2D eigenvalue weighted by molar-refractivity contribution is 6.36. The number of benzene rings is 2. The number of nitrogens with zero attached hydrogens (tertiary/aromatic N) is 2. The van der Waals surface area contributed by atoms with E-state index in [1.54, 1.807) is 18.2 Å². The molecule has 43 heavy (non-hydrogen) atoms. The van der Waals surface area contributed by atoms with Crippen LogP contribution >= 0.6 is 23.2 Å². The van der Waals surface area contributed by atoms with Gasteiger partial charge in [0.15, 0.2) is 0 Å². The molecule has 0 saturated heterocycles. The van der Waals surface area contributed by atoms with Crippen LogP contribution in [0.15, 0.2) is 48.5 Å². The summed E-state index contributed by atoms with van der Waals surface area (Å²) in [6, 6.07) is 15.3. The Morgan fingerprint density at radius 2 is 1.53 bits per heavy atom. The molecule has 2 aromatic carbocycles. The molecule has 1 aromatic heterocycles. The average molecular weight is 629 g/mol. The van der Waals surface area contributed by atoms with Crippen molar-refractivity contribution >= 4 is 35.4 Å². The highest BCUT2D eigenvalue weighted by Gasteiger charge is 2.27. The SMILES string of the molecule is C1CC1.CC.CCCN(CC=O)CCC.CCc1cc(-c2ccc(C)cc2C)nc(C(C(N)=O)c2c(Cl)cccc2Cl)c1. The van der Waals surface area contributed by atoms with E-state index in [1.165, 1.54) is 24.8 Å². The Labute approximate surface area is 270 Å². The summed E-state index contributed by atoms with van der Waals surface area (Å²) >= 11 is 12.7. The molecule has 4 rings (SSSR count). The molecule has 3 aromatic rings. The molecule has 1 amide bonds. The van der Waals surface area contributed by atoms with Crippen LogP contribution < -0.4 is 5.73 Å². The van der Waals surface area contributed by atoms with E-state index in [0.717, 1.165) is 61.0 Å². The number of carbonyl (C=O) groups excluding carboxylic acids is 2. The van der Waals surface area contributed by atoms with Crippen molar-refractivity contribution in [1.29, 1.82) is 0 Å². The van der Waals surface area contributed by atoms with E-state index < -0.39 is 11.8 Å². The maximum atomic E-state index is 12.4. The zero-order valence-corrected chi connectivity index (χ0v) is 28.7. The fourth-order valence-corrected chi connectivity index (χ4v) is 5.07. The largest absolute Gasteiger partial charge is 0.369 e. The van der Waals surface area contributed by atoms with E-state index in [2.05, 4.69) is 57.7 Å². The third-order valence-corrected chi connectivity index (χ3v) is 7.26. The van der Waals surface area contributed by atoms with Gasteiger partial charge in [0.2, 0.25) is 5.91 Å². The summed E-state index contributed by atoms with van der Waals surface area (Å²) in [5, 5.41) is 0.793. The van der Waals surface area contributed by atoms with Crippen LogP contribution in [0.2, 0.25) is 10.0 Å². The minimum atomic E-state index is -0.822. The summed E-state index contributed by atoms with van der Waals surface area (Å²) in [6.07, 6.45) is 8.54. The van der Waals surface area contributed by atoms with Crippen molar-refractivity contribution in [2.75, 3.05) is 19.6 Å². The van der Waals surface area contributed by atoms with Gasteiger partial charge in [0.05, 0.1) is 17.9 Å². The summed E-state index contributed by atoms with van der Waals surface area (Å²) in [5.41, 5.74) is 12.0. The van der Waals surface area contributed by atoms with E-state index in [9.17, 15) is 9.59 Å². The predicted molar refractivity (Wildman–Crippen MR) is 184 cm³/mol. The molecule has 0 aliphatic heterocycles. The van der Waals surface area contributed by atoms with E-state index >= 15 is 0 Å². The number of hydrogen-bond acceptors (Lipinski definition) is 4. The van der Waals surface area contributed by atoms with Gasteiger partial charge in [0, 0.05) is 21.2 Å². The molecule has 0 bridgehead atoms. The number of hydrogen-bond donors (Lipinski definition) is 1. The minimum absolute atomic E-state index is 0.396. The van der Waals surface area contributed by atoms with Crippen molar-refractivity contribution in [3.8, 4) is 11.3 Å². The van der Waals surface area contributed by atoms with Crippen molar-refractivity contribution in [3.63, 3.8) is 0 Å². The van der Waals surface area contributed by atoms with E-state index in [1.807, 2.05) is 26.0 Å². The quantitative estimate of drug-likeness (QED) is 0.215. The molecule has 236 valence electrons. The monoisotopic (exact) mass is 627 g/mol. The number of nitrogens with two attached hydrogens (primary N) is 1. The van der Waals surface area contributed by atoms with Crippen molar-refractivity contribution in [3.05, 3.63) is 86.5 Å². The molecule has 0 spiro atoms. The Bertz CT molecular complexity index is 1250. The number of amides is 1. The fourth-order valence-electron chi connectivity index (χ4n) is 4.46. The number of pyridine rings is 1. The Balaban J connectivity index is 0.000000510. The van der Waals surface area contributed by atoms with E-state index in [0.29, 0.717) is 27.8 Å². The first-order chi connectivity index (χ1) is 20.7. The number of carbonyl (C=O) groups is 2. The maximum absolute atomic E-state index is 12.4. The molecule has 0 radical (unpaired) electrons. The molecule has 1 atom stereocenters. The third-order valence-electron chi connectivity index (χ3n) is 6.61. The molecule has 5 nitrogen and oxygen atoms in total. The van der Waals surface area contributed by atoms with E-state index in [4.69, 9.17) is 33.9 Å². The number of aryl methyl sites for hydroxylation is 3. The van der Waals surface area contributed by atoms with Crippen LogP contribution in [0.4, 0.5) is 0 Å². The van der Waals surface area contributed by atoms with Crippen LogP contribution in [-0.2, 0) is 16.0 Å². The predicted octanol–water partition coefficient (Wildman–Crippen LogP) is 9.36. The number of halogens is 2. The van der Waals surface area contributed by atoms with Crippen LogP contribution in [0, 0.1) is 13.8 Å². The summed E-state index contributed by atoms with van der Waals surface area (Å²) in [5.74, 6) is -1.36. The van der Waals surface area contributed by atoms with Crippen LogP contribution in [0.3, 0.4) is 0 Å². The summed E-state index contributed by atoms with van der Waals surface area (Å²) in [6.45, 7) is 17.1. The summed E-state index contributed by atoms with van der Waals surface area (Å²) in [4.78, 5) is 29.5. The van der Waals surface area contributed by atoms with Gasteiger partial charge in [-0.25, -0.2) is 0 Å². The molecule has 1 aliphatic carbocycles. The lowest BCUT2D eigenvalue weighted by Gasteiger charge is -2.19. The molecular weight excluding hydrogens is 577 g/mol. The number of rotatable bonds is 11. The molecule has 1 heterocycles. The van der Waals surface area contributed by atoms with Gasteiger partial charge >= 0.3 is 0 Å². The van der Waals surface area contributed by atoms with Crippen LogP contribution in [-0.4, -0.2) is 41.7 Å². The number of primary amides is 1. The highest BCUT2D eigenvalue weighted by atomic mass is 35.5. The molecule has 1 unspecified atom stereocenters. The smallest absolute Gasteiger partial charge is 0.231 e. The molecule has 7 heteroatoms. The zero-order chi connectivity index (χ0) is 32.4.